The minimum absolute atomic E-state index is 0.203. The lowest BCUT2D eigenvalue weighted by molar-refractivity contribution is 0.0995. The van der Waals surface area contributed by atoms with Crippen molar-refractivity contribution in [1.82, 2.24) is 4.90 Å². The molecule has 2 heterocycles. The van der Waals surface area contributed by atoms with Gasteiger partial charge in [-0.25, -0.2) is 0 Å². The topological polar surface area (TPSA) is 77.8 Å². The molecular formula is C23H24N4O3. The third-order valence-corrected chi connectivity index (χ3v) is 5.14. The lowest BCUT2D eigenvalue weighted by Gasteiger charge is -2.34. The average molecular weight is 404 g/mol. The number of nitrogens with one attached hydrogen (secondary N) is 2. The van der Waals surface area contributed by atoms with Crippen LogP contribution in [0.15, 0.2) is 71.3 Å². The van der Waals surface area contributed by atoms with Crippen LogP contribution in [0.25, 0.3) is 0 Å². The first-order valence-electron chi connectivity index (χ1n) is 9.88. The predicted octanol–water partition coefficient (Wildman–Crippen LogP) is 3.54. The molecule has 4 rings (SSSR count). The van der Waals surface area contributed by atoms with Crippen molar-refractivity contribution in [1.29, 1.82) is 0 Å². The van der Waals surface area contributed by atoms with Crippen LogP contribution in [0.2, 0.25) is 0 Å². The van der Waals surface area contributed by atoms with E-state index in [9.17, 15) is 9.59 Å². The fourth-order valence-electron chi connectivity index (χ4n) is 3.33. The molecule has 7 heteroatoms. The number of piperazine rings is 1. The minimum Gasteiger partial charge on any atom is -0.459 e. The van der Waals surface area contributed by atoms with Crippen LogP contribution < -0.4 is 15.5 Å². The van der Waals surface area contributed by atoms with E-state index < -0.39 is 0 Å². The number of carbonyl (C=O) groups is 2. The molecule has 2 amide bonds. The van der Waals surface area contributed by atoms with E-state index in [4.69, 9.17) is 4.42 Å². The summed E-state index contributed by atoms with van der Waals surface area (Å²) in [7, 11) is 2.13. The van der Waals surface area contributed by atoms with Crippen LogP contribution in [0, 0.1) is 0 Å². The molecule has 1 aromatic heterocycles. The van der Waals surface area contributed by atoms with Crippen molar-refractivity contribution in [2.24, 2.45) is 0 Å². The van der Waals surface area contributed by atoms with Crippen molar-refractivity contribution in [3.05, 3.63) is 78.3 Å². The molecular weight excluding hydrogens is 380 g/mol. The summed E-state index contributed by atoms with van der Waals surface area (Å²) < 4.78 is 5.07. The second-order valence-electron chi connectivity index (χ2n) is 7.30. The summed E-state index contributed by atoms with van der Waals surface area (Å²) in [5.41, 5.74) is 3.00. The van der Waals surface area contributed by atoms with E-state index in [0.29, 0.717) is 11.3 Å². The summed E-state index contributed by atoms with van der Waals surface area (Å²) in [5, 5.41) is 5.64. The molecule has 0 aliphatic carbocycles. The van der Waals surface area contributed by atoms with Crippen molar-refractivity contribution in [3.63, 3.8) is 0 Å². The third-order valence-electron chi connectivity index (χ3n) is 5.14. The van der Waals surface area contributed by atoms with Gasteiger partial charge in [-0.2, -0.15) is 0 Å². The van der Waals surface area contributed by atoms with Gasteiger partial charge in [0.25, 0.3) is 11.8 Å². The minimum atomic E-state index is -0.336. The Balaban J connectivity index is 1.34. The Hall–Kier alpha value is -3.58. The lowest BCUT2D eigenvalue weighted by atomic mass is 10.1. The van der Waals surface area contributed by atoms with Gasteiger partial charge in [0.05, 0.1) is 6.26 Å². The quantitative estimate of drug-likeness (QED) is 0.680. The van der Waals surface area contributed by atoms with Crippen molar-refractivity contribution in [2.75, 3.05) is 48.8 Å². The van der Waals surface area contributed by atoms with Gasteiger partial charge < -0.3 is 24.9 Å². The molecule has 0 unspecified atom stereocenters. The molecule has 0 saturated carbocycles. The highest BCUT2D eigenvalue weighted by molar-refractivity contribution is 6.05. The molecule has 2 N–H and O–H groups in total. The molecule has 3 aromatic rings. The maximum atomic E-state index is 12.5. The van der Waals surface area contributed by atoms with E-state index in [1.54, 1.807) is 36.4 Å². The molecule has 7 nitrogen and oxygen atoms in total. The fraction of sp³-hybridized carbons (Fsp3) is 0.217. The number of hydrogen-bond acceptors (Lipinski definition) is 5. The Morgan fingerprint density at radius 3 is 2.00 bits per heavy atom. The molecule has 0 radical (unpaired) electrons. The van der Waals surface area contributed by atoms with Gasteiger partial charge in [-0.05, 0) is 67.7 Å². The molecule has 30 heavy (non-hydrogen) atoms. The van der Waals surface area contributed by atoms with Crippen LogP contribution >= 0.6 is 0 Å². The third kappa shape index (κ3) is 4.69. The van der Waals surface area contributed by atoms with Crippen LogP contribution in [0.3, 0.4) is 0 Å². The number of rotatable bonds is 5. The molecule has 154 valence electrons. The molecule has 1 aliphatic heterocycles. The summed E-state index contributed by atoms with van der Waals surface area (Å²) >= 11 is 0. The van der Waals surface area contributed by atoms with Crippen molar-refractivity contribution >= 4 is 28.9 Å². The lowest BCUT2D eigenvalue weighted by Crippen LogP contribution is -2.44. The van der Waals surface area contributed by atoms with Gasteiger partial charge in [0.1, 0.15) is 0 Å². The number of likely N-dealkylation sites (N-methyl/N-ethyl adjacent to an activating group) is 1. The zero-order valence-corrected chi connectivity index (χ0v) is 16.8. The molecule has 0 spiro atoms. The number of benzene rings is 2. The smallest absolute Gasteiger partial charge is 0.291 e. The van der Waals surface area contributed by atoms with Gasteiger partial charge in [-0.3, -0.25) is 9.59 Å². The Bertz CT molecular complexity index is 990. The summed E-state index contributed by atoms with van der Waals surface area (Å²) in [6.07, 6.45) is 1.44. The number of furan rings is 1. The van der Waals surface area contributed by atoms with Gasteiger partial charge in [-0.15, -0.1) is 0 Å². The first-order chi connectivity index (χ1) is 14.6. The van der Waals surface area contributed by atoms with Crippen molar-refractivity contribution < 1.29 is 14.0 Å². The molecule has 1 aliphatic rings. The summed E-state index contributed by atoms with van der Waals surface area (Å²) in [6.45, 7) is 4.11. The number of nitrogens with zero attached hydrogens (tertiary/aromatic N) is 2. The average Bonchev–Trinajstić information content (AvgIpc) is 3.31. The molecule has 1 saturated heterocycles. The van der Waals surface area contributed by atoms with Crippen LogP contribution in [-0.4, -0.2) is 49.9 Å². The standard InChI is InChI=1S/C23H24N4O3/c1-26-12-14-27(15-13-26)20-10-8-19(9-11-20)24-22(28)17-4-6-18(7-5-17)25-23(29)21-3-2-16-30-21/h2-11,16H,12-15H2,1H3,(H,24,28)(H,25,29). The molecule has 1 fully saturated rings. The number of carbonyl (C=O) groups excluding carboxylic acids is 2. The van der Waals surface area contributed by atoms with Gasteiger partial charge in [0.2, 0.25) is 0 Å². The number of amides is 2. The Kier molecular flexibility index (Phi) is 5.81. The second kappa shape index (κ2) is 8.84. The first kappa shape index (κ1) is 19.7. The zero-order valence-electron chi connectivity index (χ0n) is 16.8. The first-order valence-corrected chi connectivity index (χ1v) is 9.88. The highest BCUT2D eigenvalue weighted by atomic mass is 16.3. The Morgan fingerprint density at radius 2 is 1.40 bits per heavy atom. The normalized spacial score (nSPS) is 14.4. The largest absolute Gasteiger partial charge is 0.459 e. The summed E-state index contributed by atoms with van der Waals surface area (Å²) in [6, 6.07) is 17.9. The molecule has 0 bridgehead atoms. The van der Waals surface area contributed by atoms with Crippen LogP contribution in [0.5, 0.6) is 0 Å². The van der Waals surface area contributed by atoms with Gasteiger partial charge in [0.15, 0.2) is 5.76 Å². The fourth-order valence-corrected chi connectivity index (χ4v) is 3.33. The van der Waals surface area contributed by atoms with E-state index in [1.807, 2.05) is 24.3 Å². The Morgan fingerprint density at radius 1 is 0.800 bits per heavy atom. The monoisotopic (exact) mass is 404 g/mol. The maximum Gasteiger partial charge on any atom is 0.291 e. The van der Waals surface area contributed by atoms with Crippen LogP contribution in [-0.2, 0) is 0 Å². The van der Waals surface area contributed by atoms with E-state index in [-0.39, 0.29) is 17.6 Å². The van der Waals surface area contributed by atoms with Crippen molar-refractivity contribution in [3.8, 4) is 0 Å². The maximum absolute atomic E-state index is 12.5. The second-order valence-corrected chi connectivity index (χ2v) is 7.30. The van der Waals surface area contributed by atoms with Gasteiger partial charge in [0, 0.05) is 48.8 Å². The van der Waals surface area contributed by atoms with Crippen molar-refractivity contribution in [2.45, 2.75) is 0 Å². The predicted molar refractivity (Wildman–Crippen MR) is 117 cm³/mol. The van der Waals surface area contributed by atoms with Gasteiger partial charge in [-0.1, -0.05) is 0 Å². The number of anilines is 3. The van der Waals surface area contributed by atoms with E-state index in [2.05, 4.69) is 27.5 Å². The Labute approximate surface area is 175 Å². The highest BCUT2D eigenvalue weighted by Gasteiger charge is 2.14. The number of hydrogen-bond donors (Lipinski definition) is 2. The van der Waals surface area contributed by atoms with E-state index >= 15 is 0 Å². The zero-order chi connectivity index (χ0) is 20.9. The SMILES string of the molecule is CN1CCN(c2ccc(NC(=O)c3ccc(NC(=O)c4ccco4)cc3)cc2)CC1. The summed E-state index contributed by atoms with van der Waals surface area (Å²) in [5.74, 6) is -0.305. The highest BCUT2D eigenvalue weighted by Crippen LogP contribution is 2.20. The molecule has 2 aromatic carbocycles. The van der Waals surface area contributed by atoms with Crippen LogP contribution in [0.4, 0.5) is 17.1 Å². The van der Waals surface area contributed by atoms with Crippen LogP contribution in [0.1, 0.15) is 20.9 Å². The summed E-state index contributed by atoms with van der Waals surface area (Å²) in [4.78, 5) is 29.2. The molecule has 0 atom stereocenters. The van der Waals surface area contributed by atoms with E-state index in [0.717, 1.165) is 37.6 Å². The van der Waals surface area contributed by atoms with E-state index in [1.165, 1.54) is 6.26 Å². The van der Waals surface area contributed by atoms with Gasteiger partial charge >= 0.3 is 0 Å².